The molecule has 2 amide bonds. The predicted molar refractivity (Wildman–Crippen MR) is 146 cm³/mol. The smallest absolute Gasteiger partial charge is 0.329 e. The first kappa shape index (κ1) is 27.5. The van der Waals surface area contributed by atoms with E-state index in [0.717, 1.165) is 16.7 Å². The van der Waals surface area contributed by atoms with Crippen molar-refractivity contribution in [1.82, 2.24) is 5.43 Å². The third-order valence-corrected chi connectivity index (χ3v) is 6.20. The highest BCUT2D eigenvalue weighted by atomic mass is 79.9. The summed E-state index contributed by atoms with van der Waals surface area (Å²) in [6.45, 7) is 6.16. The fourth-order valence-corrected chi connectivity index (χ4v) is 4.29. The highest BCUT2D eigenvalue weighted by Crippen LogP contribution is 2.37. The molecule has 0 aliphatic rings. The molecule has 0 bridgehead atoms. The molecule has 0 aromatic heterocycles. The number of nitrogens with one attached hydrogen (secondary N) is 2. The van der Waals surface area contributed by atoms with Crippen molar-refractivity contribution in [3.05, 3.63) is 85.3 Å². The summed E-state index contributed by atoms with van der Waals surface area (Å²) >= 11 is 15.7. The molecule has 0 atom stereocenters. The number of aryl methyl sites for hydroxylation is 2. The molecular formula is C26H24BrCl2N3O4. The number of nitrogens with zero attached hydrogens (tertiary/aromatic N) is 1. The van der Waals surface area contributed by atoms with Crippen LogP contribution in [0.3, 0.4) is 0 Å². The number of amides is 2. The summed E-state index contributed by atoms with van der Waals surface area (Å²) < 4.78 is 12.3. The van der Waals surface area contributed by atoms with Gasteiger partial charge in [0.15, 0.2) is 11.5 Å². The molecule has 36 heavy (non-hydrogen) atoms. The van der Waals surface area contributed by atoms with Gasteiger partial charge in [-0.2, -0.15) is 5.10 Å². The maximum atomic E-state index is 12.3. The molecule has 0 heterocycles. The van der Waals surface area contributed by atoms with E-state index in [1.54, 1.807) is 30.3 Å². The van der Waals surface area contributed by atoms with Gasteiger partial charge in [-0.1, -0.05) is 47.5 Å². The molecule has 0 fully saturated rings. The first-order valence-electron chi connectivity index (χ1n) is 10.9. The average molecular weight is 593 g/mol. The van der Waals surface area contributed by atoms with Crippen LogP contribution in [0.2, 0.25) is 10.0 Å². The van der Waals surface area contributed by atoms with Gasteiger partial charge >= 0.3 is 11.8 Å². The Balaban J connectivity index is 1.68. The lowest BCUT2D eigenvalue weighted by atomic mass is 10.1. The zero-order chi connectivity index (χ0) is 26.2. The number of rotatable bonds is 8. The topological polar surface area (TPSA) is 89.0 Å². The summed E-state index contributed by atoms with van der Waals surface area (Å²) in [7, 11) is 0. The fraction of sp³-hybridized carbons (Fsp3) is 0.192. The Morgan fingerprint density at radius 1 is 1.03 bits per heavy atom. The van der Waals surface area contributed by atoms with Gasteiger partial charge in [-0.05, 0) is 77.7 Å². The van der Waals surface area contributed by atoms with E-state index in [1.165, 1.54) is 6.21 Å². The van der Waals surface area contributed by atoms with Crippen molar-refractivity contribution in [3.63, 3.8) is 0 Å². The summed E-state index contributed by atoms with van der Waals surface area (Å²) in [5.41, 5.74) is 5.92. The summed E-state index contributed by atoms with van der Waals surface area (Å²) in [6, 6.07) is 14.2. The van der Waals surface area contributed by atoms with E-state index in [4.69, 9.17) is 32.7 Å². The molecule has 7 nitrogen and oxygen atoms in total. The lowest BCUT2D eigenvalue weighted by Gasteiger charge is -2.15. The van der Waals surface area contributed by atoms with Gasteiger partial charge in [-0.15, -0.1) is 0 Å². The van der Waals surface area contributed by atoms with Gasteiger partial charge in [-0.3, -0.25) is 9.59 Å². The summed E-state index contributed by atoms with van der Waals surface area (Å²) in [5, 5.41) is 7.56. The second kappa shape index (κ2) is 12.8. The maximum absolute atomic E-state index is 12.3. The third-order valence-electron chi connectivity index (χ3n) is 5.02. The lowest BCUT2D eigenvalue weighted by molar-refractivity contribution is -0.136. The Hall–Kier alpha value is -3.07. The van der Waals surface area contributed by atoms with E-state index in [1.807, 2.05) is 39.0 Å². The molecule has 0 radical (unpaired) electrons. The predicted octanol–water partition coefficient (Wildman–Crippen LogP) is 6.44. The fourth-order valence-electron chi connectivity index (χ4n) is 3.25. The molecular weight excluding hydrogens is 569 g/mol. The van der Waals surface area contributed by atoms with E-state index in [0.29, 0.717) is 43.9 Å². The Bertz CT molecular complexity index is 1290. The third kappa shape index (κ3) is 7.22. The Morgan fingerprint density at radius 2 is 1.75 bits per heavy atom. The number of benzene rings is 3. The van der Waals surface area contributed by atoms with Crippen LogP contribution in [0, 0.1) is 13.8 Å². The number of carbonyl (C=O) groups excluding carboxylic acids is 2. The molecule has 3 aromatic rings. The molecule has 0 unspecified atom stereocenters. The number of hydrogen-bond donors (Lipinski definition) is 2. The van der Waals surface area contributed by atoms with Crippen molar-refractivity contribution in [3.8, 4) is 11.5 Å². The SMILES string of the molecule is CCOc1cc(/C=N/NC(=O)C(=O)Nc2c(C)cccc2C)cc(Br)c1OCc1ccc(Cl)cc1Cl. The number of halogens is 3. The zero-order valence-corrected chi connectivity index (χ0v) is 22.9. The molecule has 0 aliphatic heterocycles. The Kier molecular flexibility index (Phi) is 9.75. The normalized spacial score (nSPS) is 10.8. The van der Waals surface area contributed by atoms with E-state index in [2.05, 4.69) is 31.8 Å². The summed E-state index contributed by atoms with van der Waals surface area (Å²) in [5.74, 6) is -0.752. The Morgan fingerprint density at radius 3 is 2.42 bits per heavy atom. The van der Waals surface area contributed by atoms with E-state index in [9.17, 15) is 9.59 Å². The van der Waals surface area contributed by atoms with Crippen molar-refractivity contribution >= 4 is 62.8 Å². The molecule has 0 saturated carbocycles. The van der Waals surface area contributed by atoms with Crippen molar-refractivity contribution in [2.45, 2.75) is 27.4 Å². The minimum atomic E-state index is -0.891. The molecule has 0 saturated heterocycles. The number of carbonyl (C=O) groups is 2. The molecule has 0 aliphatic carbocycles. The van der Waals surface area contributed by atoms with Gasteiger partial charge < -0.3 is 14.8 Å². The lowest BCUT2D eigenvalue weighted by Crippen LogP contribution is -2.32. The minimum absolute atomic E-state index is 0.202. The number of anilines is 1. The molecule has 3 rings (SSSR count). The van der Waals surface area contributed by atoms with E-state index in [-0.39, 0.29) is 6.61 Å². The van der Waals surface area contributed by atoms with Gasteiger partial charge in [0.1, 0.15) is 6.61 Å². The van der Waals surface area contributed by atoms with Gasteiger partial charge in [0.2, 0.25) is 0 Å². The second-order valence-corrected chi connectivity index (χ2v) is 9.41. The molecule has 0 spiro atoms. The van der Waals surface area contributed by atoms with E-state index < -0.39 is 11.8 Å². The molecule has 10 heteroatoms. The highest BCUT2D eigenvalue weighted by Gasteiger charge is 2.16. The van der Waals surface area contributed by atoms with Gasteiger partial charge in [0.05, 0.1) is 17.3 Å². The van der Waals surface area contributed by atoms with Gasteiger partial charge in [-0.25, -0.2) is 5.43 Å². The first-order valence-corrected chi connectivity index (χ1v) is 12.5. The van der Waals surface area contributed by atoms with Crippen LogP contribution in [0.5, 0.6) is 11.5 Å². The van der Waals surface area contributed by atoms with Crippen LogP contribution in [0.25, 0.3) is 0 Å². The quantitative estimate of drug-likeness (QED) is 0.179. The summed E-state index contributed by atoms with van der Waals surface area (Å²) in [4.78, 5) is 24.5. The monoisotopic (exact) mass is 591 g/mol. The van der Waals surface area contributed by atoms with Gasteiger partial charge in [0.25, 0.3) is 0 Å². The zero-order valence-electron chi connectivity index (χ0n) is 19.8. The molecule has 3 aromatic carbocycles. The standard InChI is InChI=1S/C26H24BrCl2N3O4/c1-4-35-22-11-17(10-20(27)24(22)36-14-18-8-9-19(28)12-21(18)29)13-30-32-26(34)25(33)31-23-15(2)6-5-7-16(23)3/h5-13H,4,14H2,1-3H3,(H,31,33)(H,32,34)/b30-13+. The van der Waals surface area contributed by atoms with Crippen LogP contribution >= 0.6 is 39.1 Å². The molecule has 188 valence electrons. The van der Waals surface area contributed by atoms with Crippen LogP contribution in [0.15, 0.2) is 58.1 Å². The molecule has 2 N–H and O–H groups in total. The largest absolute Gasteiger partial charge is 0.490 e. The van der Waals surface area contributed by atoms with E-state index >= 15 is 0 Å². The number of hydrogen-bond acceptors (Lipinski definition) is 5. The van der Waals surface area contributed by atoms with Crippen LogP contribution in [0.1, 0.15) is 29.2 Å². The van der Waals surface area contributed by atoms with Crippen molar-refractivity contribution in [2.24, 2.45) is 5.10 Å². The van der Waals surface area contributed by atoms with Crippen molar-refractivity contribution < 1.29 is 19.1 Å². The maximum Gasteiger partial charge on any atom is 0.329 e. The van der Waals surface area contributed by atoms with Crippen molar-refractivity contribution in [2.75, 3.05) is 11.9 Å². The van der Waals surface area contributed by atoms with Crippen molar-refractivity contribution in [1.29, 1.82) is 0 Å². The minimum Gasteiger partial charge on any atom is -0.490 e. The van der Waals surface area contributed by atoms with Gasteiger partial charge in [0, 0.05) is 21.3 Å². The second-order valence-electron chi connectivity index (χ2n) is 7.71. The summed E-state index contributed by atoms with van der Waals surface area (Å²) in [6.07, 6.45) is 1.40. The van der Waals surface area contributed by atoms with Crippen LogP contribution in [-0.2, 0) is 16.2 Å². The number of para-hydroxylation sites is 1. The highest BCUT2D eigenvalue weighted by molar-refractivity contribution is 9.10. The number of hydrazone groups is 1. The first-order chi connectivity index (χ1) is 17.2. The Labute approximate surface area is 227 Å². The number of ether oxygens (including phenoxy) is 2. The van der Waals surface area contributed by atoms with Crippen LogP contribution < -0.4 is 20.2 Å². The average Bonchev–Trinajstić information content (AvgIpc) is 2.82. The van der Waals surface area contributed by atoms with Crippen LogP contribution in [0.4, 0.5) is 5.69 Å². The van der Waals surface area contributed by atoms with Crippen LogP contribution in [-0.4, -0.2) is 24.6 Å².